The molecule has 0 atom stereocenters. The standard InChI is InChI=1S/C16H14ClN3O5/c17-13-5-11(20(24)25)8-18-14(13)9-1-3-10(4-2-9)16(19-15(22)23)6-12(21)7-16/h1-5,8,12,19,21H,6-7H2,(H,22,23). The molecule has 3 N–H and O–H groups in total. The summed E-state index contributed by atoms with van der Waals surface area (Å²) in [5.41, 5.74) is 0.762. The van der Waals surface area contributed by atoms with Gasteiger partial charge in [-0.15, -0.1) is 0 Å². The van der Waals surface area contributed by atoms with Crippen LogP contribution in [0.3, 0.4) is 0 Å². The van der Waals surface area contributed by atoms with Gasteiger partial charge in [-0.1, -0.05) is 35.9 Å². The lowest BCUT2D eigenvalue weighted by atomic mass is 9.69. The fourth-order valence-electron chi connectivity index (χ4n) is 3.05. The number of hydrogen-bond donors (Lipinski definition) is 3. The highest BCUT2D eigenvalue weighted by Crippen LogP contribution is 2.42. The van der Waals surface area contributed by atoms with Crippen molar-refractivity contribution in [2.24, 2.45) is 0 Å². The molecular weight excluding hydrogens is 350 g/mol. The predicted octanol–water partition coefficient (Wildman–Crippen LogP) is 2.93. The smallest absolute Gasteiger partial charge is 0.405 e. The monoisotopic (exact) mass is 363 g/mol. The minimum Gasteiger partial charge on any atom is -0.465 e. The molecule has 0 bridgehead atoms. The largest absolute Gasteiger partial charge is 0.465 e. The summed E-state index contributed by atoms with van der Waals surface area (Å²) in [6.07, 6.45) is 0.0308. The van der Waals surface area contributed by atoms with Crippen LogP contribution in [0, 0.1) is 10.1 Å². The molecular formula is C16H14ClN3O5. The van der Waals surface area contributed by atoms with Crippen molar-refractivity contribution in [1.82, 2.24) is 10.3 Å². The van der Waals surface area contributed by atoms with Crippen LogP contribution in [0.15, 0.2) is 36.5 Å². The van der Waals surface area contributed by atoms with E-state index in [9.17, 15) is 20.0 Å². The number of benzene rings is 1. The van der Waals surface area contributed by atoms with Crippen LogP contribution in [0.1, 0.15) is 18.4 Å². The zero-order valence-corrected chi connectivity index (χ0v) is 13.6. The second kappa shape index (κ2) is 6.30. The first-order chi connectivity index (χ1) is 11.8. The Bertz CT molecular complexity index is 834. The Morgan fingerprint density at radius 2 is 2.00 bits per heavy atom. The summed E-state index contributed by atoms with van der Waals surface area (Å²) in [6, 6.07) is 8.12. The molecule has 0 unspecified atom stereocenters. The maximum Gasteiger partial charge on any atom is 0.405 e. The molecule has 130 valence electrons. The number of aliphatic hydroxyl groups is 1. The lowest BCUT2D eigenvalue weighted by molar-refractivity contribution is -0.385. The molecule has 1 fully saturated rings. The average molecular weight is 364 g/mol. The Morgan fingerprint density at radius 1 is 1.36 bits per heavy atom. The van der Waals surface area contributed by atoms with Crippen LogP contribution < -0.4 is 5.32 Å². The van der Waals surface area contributed by atoms with E-state index in [4.69, 9.17) is 16.7 Å². The van der Waals surface area contributed by atoms with E-state index in [2.05, 4.69) is 10.3 Å². The minimum absolute atomic E-state index is 0.152. The van der Waals surface area contributed by atoms with Gasteiger partial charge in [-0.2, -0.15) is 0 Å². The molecule has 2 aromatic rings. The van der Waals surface area contributed by atoms with Crippen molar-refractivity contribution in [2.45, 2.75) is 24.5 Å². The van der Waals surface area contributed by atoms with Crippen molar-refractivity contribution in [3.63, 3.8) is 0 Å². The number of nitrogens with zero attached hydrogens (tertiary/aromatic N) is 2. The van der Waals surface area contributed by atoms with Crippen molar-refractivity contribution in [2.75, 3.05) is 0 Å². The highest BCUT2D eigenvalue weighted by atomic mass is 35.5. The van der Waals surface area contributed by atoms with Gasteiger partial charge in [-0.25, -0.2) is 9.78 Å². The molecule has 3 rings (SSSR count). The zero-order chi connectivity index (χ0) is 18.2. The second-order valence-electron chi connectivity index (χ2n) is 5.93. The number of halogens is 1. The molecule has 1 heterocycles. The van der Waals surface area contributed by atoms with Gasteiger partial charge in [0.2, 0.25) is 0 Å². The molecule has 1 saturated carbocycles. The van der Waals surface area contributed by atoms with Gasteiger partial charge in [0, 0.05) is 24.5 Å². The number of carbonyl (C=O) groups is 1. The third-order valence-corrected chi connectivity index (χ3v) is 4.55. The first-order valence-corrected chi connectivity index (χ1v) is 7.78. The Morgan fingerprint density at radius 3 is 2.48 bits per heavy atom. The summed E-state index contributed by atoms with van der Waals surface area (Å²) in [4.78, 5) is 25.2. The number of pyridine rings is 1. The molecule has 25 heavy (non-hydrogen) atoms. The summed E-state index contributed by atoms with van der Waals surface area (Å²) in [5, 5.41) is 32.0. The quantitative estimate of drug-likeness (QED) is 0.566. The summed E-state index contributed by atoms with van der Waals surface area (Å²) in [6.45, 7) is 0. The van der Waals surface area contributed by atoms with Crippen LogP contribution in [-0.2, 0) is 5.54 Å². The van der Waals surface area contributed by atoms with E-state index in [1.165, 1.54) is 6.07 Å². The molecule has 0 radical (unpaired) electrons. The molecule has 1 aliphatic carbocycles. The Hall–Kier alpha value is -2.71. The minimum atomic E-state index is -1.16. The van der Waals surface area contributed by atoms with Gasteiger partial charge in [0.05, 0.1) is 27.3 Å². The number of aliphatic hydroxyl groups excluding tert-OH is 1. The molecule has 1 aromatic carbocycles. The third-order valence-electron chi connectivity index (χ3n) is 4.26. The van der Waals surface area contributed by atoms with Gasteiger partial charge < -0.3 is 15.5 Å². The molecule has 0 spiro atoms. The van der Waals surface area contributed by atoms with Crippen molar-refractivity contribution in [3.8, 4) is 11.3 Å². The molecule has 9 heteroatoms. The Balaban J connectivity index is 1.90. The van der Waals surface area contributed by atoms with Crippen LogP contribution in [-0.4, -0.2) is 32.3 Å². The van der Waals surface area contributed by atoms with E-state index < -0.39 is 22.7 Å². The van der Waals surface area contributed by atoms with Gasteiger partial charge >= 0.3 is 6.09 Å². The van der Waals surface area contributed by atoms with E-state index in [0.29, 0.717) is 24.1 Å². The summed E-state index contributed by atoms with van der Waals surface area (Å²) in [5.74, 6) is 0. The zero-order valence-electron chi connectivity index (χ0n) is 12.8. The van der Waals surface area contributed by atoms with Gasteiger partial charge in [0.1, 0.15) is 6.20 Å². The molecule has 8 nitrogen and oxygen atoms in total. The van der Waals surface area contributed by atoms with Crippen molar-refractivity contribution < 1.29 is 19.9 Å². The van der Waals surface area contributed by atoms with Crippen LogP contribution in [0.4, 0.5) is 10.5 Å². The maximum absolute atomic E-state index is 11.0. The number of nitro groups is 1. The predicted molar refractivity (Wildman–Crippen MR) is 89.4 cm³/mol. The van der Waals surface area contributed by atoms with Crippen molar-refractivity contribution >= 4 is 23.4 Å². The number of amides is 1. The average Bonchev–Trinajstić information content (AvgIpc) is 2.52. The molecule has 1 aliphatic rings. The highest BCUT2D eigenvalue weighted by Gasteiger charge is 2.46. The van der Waals surface area contributed by atoms with E-state index in [-0.39, 0.29) is 10.7 Å². The first kappa shape index (κ1) is 17.1. The molecule has 0 aliphatic heterocycles. The lowest BCUT2D eigenvalue weighted by Crippen LogP contribution is -2.56. The van der Waals surface area contributed by atoms with Crippen LogP contribution in [0.25, 0.3) is 11.3 Å². The van der Waals surface area contributed by atoms with E-state index >= 15 is 0 Å². The third kappa shape index (κ3) is 3.26. The second-order valence-corrected chi connectivity index (χ2v) is 6.34. The van der Waals surface area contributed by atoms with E-state index in [1.807, 2.05) is 0 Å². The van der Waals surface area contributed by atoms with Crippen LogP contribution in [0.5, 0.6) is 0 Å². The summed E-state index contributed by atoms with van der Waals surface area (Å²) < 4.78 is 0. The maximum atomic E-state index is 11.0. The SMILES string of the molecule is O=C(O)NC1(c2ccc(-c3ncc([N+](=O)[O-])cc3Cl)cc2)CC(O)C1. The van der Waals surface area contributed by atoms with Gasteiger partial charge in [-0.05, 0) is 5.56 Å². The lowest BCUT2D eigenvalue weighted by Gasteiger charge is -2.45. The van der Waals surface area contributed by atoms with E-state index in [1.54, 1.807) is 24.3 Å². The molecule has 1 amide bonds. The fourth-order valence-corrected chi connectivity index (χ4v) is 3.32. The molecule has 0 saturated heterocycles. The fraction of sp³-hybridized carbons (Fsp3) is 0.250. The molecule has 1 aromatic heterocycles. The number of rotatable bonds is 4. The van der Waals surface area contributed by atoms with E-state index in [0.717, 1.165) is 11.8 Å². The Kier molecular flexibility index (Phi) is 4.32. The number of carboxylic acid groups (broad SMARTS) is 1. The van der Waals surface area contributed by atoms with Gasteiger partial charge in [-0.3, -0.25) is 10.1 Å². The highest BCUT2D eigenvalue weighted by molar-refractivity contribution is 6.33. The van der Waals surface area contributed by atoms with Gasteiger partial charge in [0.15, 0.2) is 0 Å². The van der Waals surface area contributed by atoms with Crippen molar-refractivity contribution in [3.05, 3.63) is 57.2 Å². The summed E-state index contributed by atoms with van der Waals surface area (Å²) >= 11 is 6.07. The van der Waals surface area contributed by atoms with Crippen LogP contribution in [0.2, 0.25) is 5.02 Å². The van der Waals surface area contributed by atoms with Gasteiger partial charge in [0.25, 0.3) is 5.69 Å². The number of hydrogen-bond acceptors (Lipinski definition) is 5. The first-order valence-electron chi connectivity index (χ1n) is 7.41. The topological polar surface area (TPSA) is 126 Å². The van der Waals surface area contributed by atoms with Crippen LogP contribution >= 0.6 is 11.6 Å². The number of nitrogens with one attached hydrogen (secondary N) is 1. The normalized spacial score (nSPS) is 22.1. The summed E-state index contributed by atoms with van der Waals surface area (Å²) in [7, 11) is 0. The Labute approximate surface area is 147 Å². The van der Waals surface area contributed by atoms with Crippen molar-refractivity contribution in [1.29, 1.82) is 0 Å². The number of aromatic nitrogens is 1.